The predicted molar refractivity (Wildman–Crippen MR) is 77.3 cm³/mol. The molecule has 1 amide bonds. The third-order valence-electron chi connectivity index (χ3n) is 3.23. The third-order valence-corrected chi connectivity index (χ3v) is 4.44. The minimum Gasteiger partial charge on any atom is -0.497 e. The molecule has 1 fully saturated rings. The Labute approximate surface area is 121 Å². The molecule has 0 bridgehead atoms. The van der Waals surface area contributed by atoms with Crippen molar-refractivity contribution in [3.8, 4) is 5.75 Å². The van der Waals surface area contributed by atoms with Crippen molar-refractivity contribution < 1.29 is 9.53 Å². The van der Waals surface area contributed by atoms with E-state index in [0.29, 0.717) is 12.3 Å². The van der Waals surface area contributed by atoms with Crippen LogP contribution in [0.15, 0.2) is 36.7 Å². The Morgan fingerprint density at radius 3 is 2.90 bits per heavy atom. The van der Waals surface area contributed by atoms with Gasteiger partial charge in [0.05, 0.1) is 12.9 Å². The van der Waals surface area contributed by atoms with Gasteiger partial charge in [-0.2, -0.15) is 0 Å². The van der Waals surface area contributed by atoms with E-state index in [1.54, 1.807) is 31.3 Å². The largest absolute Gasteiger partial charge is 0.497 e. The Kier molecular flexibility index (Phi) is 3.64. The maximum atomic E-state index is 12.0. The molecule has 1 N–H and O–H groups in total. The number of aromatic nitrogens is 2. The zero-order chi connectivity index (χ0) is 13.9. The summed E-state index contributed by atoms with van der Waals surface area (Å²) in [5.74, 6) is 2.29. The van der Waals surface area contributed by atoms with Crippen LogP contribution in [0.4, 0.5) is 0 Å². The van der Waals surface area contributed by atoms with Crippen LogP contribution in [-0.4, -0.2) is 33.6 Å². The second-order valence-corrected chi connectivity index (χ2v) is 5.58. The summed E-state index contributed by atoms with van der Waals surface area (Å²) >= 11 is 1.60. The fourth-order valence-electron chi connectivity index (χ4n) is 2.19. The van der Waals surface area contributed by atoms with Crippen molar-refractivity contribution in [1.29, 1.82) is 0 Å². The van der Waals surface area contributed by atoms with Crippen LogP contribution in [0.1, 0.15) is 16.8 Å². The molecule has 0 saturated carbocycles. The van der Waals surface area contributed by atoms with E-state index in [1.165, 1.54) is 0 Å². The molecule has 1 aromatic heterocycles. The molecule has 6 heteroatoms. The van der Waals surface area contributed by atoms with Gasteiger partial charge >= 0.3 is 0 Å². The summed E-state index contributed by atoms with van der Waals surface area (Å²) in [6.07, 6.45) is 3.49. The lowest BCUT2D eigenvalue weighted by atomic mass is 10.2. The van der Waals surface area contributed by atoms with Gasteiger partial charge in [-0.15, -0.1) is 11.8 Å². The lowest BCUT2D eigenvalue weighted by Gasteiger charge is -2.22. The lowest BCUT2D eigenvalue weighted by Crippen LogP contribution is -2.28. The molecule has 2 heterocycles. The summed E-state index contributed by atoms with van der Waals surface area (Å²) < 4.78 is 5.14. The average Bonchev–Trinajstić information content (AvgIpc) is 3.11. The predicted octanol–water partition coefficient (Wildman–Crippen LogP) is 2.19. The quantitative estimate of drug-likeness (QED) is 0.937. The van der Waals surface area contributed by atoms with E-state index in [0.717, 1.165) is 17.1 Å². The summed E-state index contributed by atoms with van der Waals surface area (Å²) in [7, 11) is 1.64. The van der Waals surface area contributed by atoms with Crippen LogP contribution in [0, 0.1) is 0 Å². The summed E-state index contributed by atoms with van der Waals surface area (Å²) in [4.78, 5) is 21.2. The molecule has 104 valence electrons. The minimum absolute atomic E-state index is 0.0281. The smallest absolute Gasteiger partial charge is 0.234 e. The van der Waals surface area contributed by atoms with Crippen LogP contribution < -0.4 is 4.74 Å². The maximum Gasteiger partial charge on any atom is 0.234 e. The highest BCUT2D eigenvalue weighted by atomic mass is 32.2. The molecule has 1 aromatic carbocycles. The first kappa shape index (κ1) is 13.1. The highest BCUT2D eigenvalue weighted by Crippen LogP contribution is 2.37. The number of rotatable bonds is 4. The third kappa shape index (κ3) is 2.51. The van der Waals surface area contributed by atoms with Gasteiger partial charge in [0, 0.05) is 18.9 Å². The number of imidazole rings is 1. The number of carbonyl (C=O) groups excluding carboxylic acids is 1. The fourth-order valence-corrected chi connectivity index (χ4v) is 3.32. The Hall–Kier alpha value is -1.95. The van der Waals surface area contributed by atoms with Gasteiger partial charge in [-0.05, 0) is 17.7 Å². The molecular formula is C14H15N3O2S. The number of nitrogens with zero attached hydrogens (tertiary/aromatic N) is 2. The summed E-state index contributed by atoms with van der Waals surface area (Å²) in [6, 6.07) is 7.78. The molecule has 0 radical (unpaired) electrons. The average molecular weight is 289 g/mol. The summed E-state index contributed by atoms with van der Waals surface area (Å²) in [5, 5.41) is -0.0281. The first-order valence-electron chi connectivity index (χ1n) is 6.31. The number of ether oxygens (including phenoxy) is 1. The lowest BCUT2D eigenvalue weighted by molar-refractivity contribution is -0.128. The highest BCUT2D eigenvalue weighted by Gasteiger charge is 2.34. The van der Waals surface area contributed by atoms with Crippen LogP contribution in [0.2, 0.25) is 0 Å². The van der Waals surface area contributed by atoms with Gasteiger partial charge < -0.3 is 14.6 Å². The Bertz CT molecular complexity index is 583. The monoisotopic (exact) mass is 289 g/mol. The Balaban J connectivity index is 1.78. The molecule has 20 heavy (non-hydrogen) atoms. The molecule has 2 aromatic rings. The first-order chi connectivity index (χ1) is 9.78. The zero-order valence-electron chi connectivity index (χ0n) is 11.1. The number of methoxy groups -OCH3 is 1. The molecule has 1 aliphatic heterocycles. The summed E-state index contributed by atoms with van der Waals surface area (Å²) in [5.41, 5.74) is 1.08. The Morgan fingerprint density at radius 2 is 2.25 bits per heavy atom. The van der Waals surface area contributed by atoms with Crippen molar-refractivity contribution >= 4 is 17.7 Å². The van der Waals surface area contributed by atoms with E-state index in [-0.39, 0.29) is 11.3 Å². The van der Waals surface area contributed by atoms with Gasteiger partial charge in [-0.3, -0.25) is 4.79 Å². The normalized spacial score (nSPS) is 18.6. The first-order valence-corrected chi connectivity index (χ1v) is 7.36. The maximum absolute atomic E-state index is 12.0. The second kappa shape index (κ2) is 5.58. The number of nitrogens with one attached hydrogen (secondary N) is 1. The molecule has 0 spiro atoms. The molecule has 5 nitrogen and oxygen atoms in total. The molecule has 1 saturated heterocycles. The SMILES string of the molecule is COc1ccc(CN2C(=O)CSC2c2ncc[nH]2)cc1. The topological polar surface area (TPSA) is 58.2 Å². The number of benzene rings is 1. The van der Waals surface area contributed by atoms with Gasteiger partial charge in [0.1, 0.15) is 16.9 Å². The van der Waals surface area contributed by atoms with Crippen molar-refractivity contribution in [3.05, 3.63) is 48.0 Å². The highest BCUT2D eigenvalue weighted by molar-refractivity contribution is 8.00. The molecule has 3 rings (SSSR count). The number of thioether (sulfide) groups is 1. The molecular weight excluding hydrogens is 274 g/mol. The number of carbonyl (C=O) groups is 1. The summed E-state index contributed by atoms with van der Waals surface area (Å²) in [6.45, 7) is 0.585. The van der Waals surface area contributed by atoms with Gasteiger partial charge in [0.15, 0.2) is 0 Å². The van der Waals surface area contributed by atoms with E-state index in [2.05, 4.69) is 9.97 Å². The number of amides is 1. The van der Waals surface area contributed by atoms with Gasteiger partial charge in [0.25, 0.3) is 0 Å². The van der Waals surface area contributed by atoms with Crippen molar-refractivity contribution in [3.63, 3.8) is 0 Å². The van der Waals surface area contributed by atoms with E-state index >= 15 is 0 Å². The number of hydrogen-bond acceptors (Lipinski definition) is 4. The number of aromatic amines is 1. The van der Waals surface area contributed by atoms with Crippen LogP contribution in [0.5, 0.6) is 5.75 Å². The minimum atomic E-state index is -0.0281. The fraction of sp³-hybridized carbons (Fsp3) is 0.286. The van der Waals surface area contributed by atoms with E-state index < -0.39 is 0 Å². The van der Waals surface area contributed by atoms with Gasteiger partial charge in [0.2, 0.25) is 5.91 Å². The van der Waals surface area contributed by atoms with E-state index in [9.17, 15) is 4.79 Å². The number of H-pyrrole nitrogens is 1. The molecule has 1 unspecified atom stereocenters. The van der Waals surface area contributed by atoms with Crippen molar-refractivity contribution in [2.45, 2.75) is 11.9 Å². The van der Waals surface area contributed by atoms with Crippen molar-refractivity contribution in [2.24, 2.45) is 0 Å². The Morgan fingerprint density at radius 1 is 1.45 bits per heavy atom. The van der Waals surface area contributed by atoms with E-state index in [1.807, 2.05) is 29.2 Å². The van der Waals surface area contributed by atoms with E-state index in [4.69, 9.17) is 4.74 Å². The molecule has 0 aliphatic carbocycles. The van der Waals surface area contributed by atoms with Crippen LogP contribution in [-0.2, 0) is 11.3 Å². The number of hydrogen-bond donors (Lipinski definition) is 1. The van der Waals surface area contributed by atoms with Gasteiger partial charge in [-0.25, -0.2) is 4.98 Å². The second-order valence-electron chi connectivity index (χ2n) is 4.51. The molecule has 1 aliphatic rings. The zero-order valence-corrected chi connectivity index (χ0v) is 11.9. The van der Waals surface area contributed by atoms with Crippen molar-refractivity contribution in [2.75, 3.05) is 12.9 Å². The van der Waals surface area contributed by atoms with Gasteiger partial charge in [-0.1, -0.05) is 12.1 Å². The van der Waals surface area contributed by atoms with Crippen molar-refractivity contribution in [1.82, 2.24) is 14.9 Å². The molecule has 1 atom stereocenters. The van der Waals surface area contributed by atoms with Crippen LogP contribution >= 0.6 is 11.8 Å². The van der Waals surface area contributed by atoms with Crippen LogP contribution in [0.3, 0.4) is 0 Å². The van der Waals surface area contributed by atoms with Crippen LogP contribution in [0.25, 0.3) is 0 Å². The standard InChI is InChI=1S/C14H15N3O2S/c1-19-11-4-2-10(3-5-11)8-17-12(18)9-20-14(17)13-15-6-7-16-13/h2-7,14H,8-9H2,1H3,(H,15,16).